The third-order valence-corrected chi connectivity index (χ3v) is 2.96. The standard InChI is InChI=1S/C12H13FN2O/c13-11-5-9(6-14)1-2-12(11)15-4-3-10(7-15)8-16/h1-2,5,10,16H,3-4,7-8H2. The molecule has 0 aromatic heterocycles. The van der Waals surface area contributed by atoms with Crippen molar-refractivity contribution in [2.24, 2.45) is 5.92 Å². The number of halogens is 1. The number of nitrogens with zero attached hydrogens (tertiary/aromatic N) is 2. The fraction of sp³-hybridized carbons (Fsp3) is 0.417. The van der Waals surface area contributed by atoms with Crippen LogP contribution in [0.1, 0.15) is 12.0 Å². The van der Waals surface area contributed by atoms with Gasteiger partial charge in [-0.3, -0.25) is 0 Å². The Hall–Kier alpha value is -1.60. The van der Waals surface area contributed by atoms with E-state index in [1.807, 2.05) is 11.0 Å². The van der Waals surface area contributed by atoms with Crippen molar-refractivity contribution in [2.75, 3.05) is 24.6 Å². The number of hydrogen-bond donors (Lipinski definition) is 1. The first-order valence-electron chi connectivity index (χ1n) is 5.30. The molecule has 0 aliphatic carbocycles. The van der Waals surface area contributed by atoms with Crippen molar-refractivity contribution in [3.05, 3.63) is 29.6 Å². The van der Waals surface area contributed by atoms with Crippen LogP contribution in [0.15, 0.2) is 18.2 Å². The van der Waals surface area contributed by atoms with E-state index in [0.29, 0.717) is 17.8 Å². The molecule has 1 atom stereocenters. The van der Waals surface area contributed by atoms with Crippen LogP contribution in [0.5, 0.6) is 0 Å². The van der Waals surface area contributed by atoms with Gasteiger partial charge in [-0.2, -0.15) is 5.26 Å². The number of rotatable bonds is 2. The third-order valence-electron chi connectivity index (χ3n) is 2.96. The second-order valence-electron chi connectivity index (χ2n) is 4.06. The summed E-state index contributed by atoms with van der Waals surface area (Å²) in [7, 11) is 0. The minimum Gasteiger partial charge on any atom is -0.396 e. The van der Waals surface area contributed by atoms with Crippen LogP contribution in [0.2, 0.25) is 0 Å². The quantitative estimate of drug-likeness (QED) is 0.822. The van der Waals surface area contributed by atoms with E-state index in [0.717, 1.165) is 13.0 Å². The van der Waals surface area contributed by atoms with Gasteiger partial charge in [0.2, 0.25) is 0 Å². The minimum absolute atomic E-state index is 0.147. The van der Waals surface area contributed by atoms with Crippen LogP contribution in [-0.2, 0) is 0 Å². The smallest absolute Gasteiger partial charge is 0.147 e. The molecule has 1 fully saturated rings. The number of nitriles is 1. The maximum Gasteiger partial charge on any atom is 0.147 e. The minimum atomic E-state index is -0.363. The van der Waals surface area contributed by atoms with Crippen molar-refractivity contribution >= 4 is 5.69 Å². The Kier molecular flexibility index (Phi) is 3.07. The summed E-state index contributed by atoms with van der Waals surface area (Å²) in [6, 6.07) is 6.41. The van der Waals surface area contributed by atoms with Gasteiger partial charge in [0.1, 0.15) is 5.82 Å². The van der Waals surface area contributed by atoms with Crippen molar-refractivity contribution in [3.8, 4) is 6.07 Å². The molecule has 0 radical (unpaired) electrons. The predicted molar refractivity (Wildman–Crippen MR) is 58.5 cm³/mol. The molecule has 1 heterocycles. The van der Waals surface area contributed by atoms with E-state index in [9.17, 15) is 4.39 Å². The second kappa shape index (κ2) is 4.50. The molecule has 1 unspecified atom stereocenters. The van der Waals surface area contributed by atoms with Crippen molar-refractivity contribution < 1.29 is 9.50 Å². The topological polar surface area (TPSA) is 47.3 Å². The first-order chi connectivity index (χ1) is 7.74. The van der Waals surface area contributed by atoms with Gasteiger partial charge in [0.15, 0.2) is 0 Å². The highest BCUT2D eigenvalue weighted by molar-refractivity contribution is 5.51. The van der Waals surface area contributed by atoms with Gasteiger partial charge in [-0.1, -0.05) is 0 Å². The lowest BCUT2D eigenvalue weighted by Crippen LogP contribution is -2.21. The van der Waals surface area contributed by atoms with Crippen molar-refractivity contribution in [2.45, 2.75) is 6.42 Å². The SMILES string of the molecule is N#Cc1ccc(N2CCC(CO)C2)c(F)c1. The fourth-order valence-electron chi connectivity index (χ4n) is 2.03. The molecule has 4 heteroatoms. The molecule has 0 spiro atoms. The molecule has 1 aromatic rings. The summed E-state index contributed by atoms with van der Waals surface area (Å²) in [5.74, 6) is -0.132. The maximum absolute atomic E-state index is 13.7. The lowest BCUT2D eigenvalue weighted by Gasteiger charge is -2.19. The number of anilines is 1. The van der Waals surface area contributed by atoms with Crippen LogP contribution in [-0.4, -0.2) is 24.8 Å². The molecule has 16 heavy (non-hydrogen) atoms. The molecular weight excluding hydrogens is 207 g/mol. The molecule has 84 valence electrons. The van der Waals surface area contributed by atoms with E-state index < -0.39 is 0 Å². The van der Waals surface area contributed by atoms with E-state index >= 15 is 0 Å². The molecule has 0 amide bonds. The molecular formula is C12H13FN2O. The molecule has 1 aromatic carbocycles. The van der Waals surface area contributed by atoms with E-state index in [1.54, 1.807) is 12.1 Å². The first kappa shape index (κ1) is 10.9. The Labute approximate surface area is 93.7 Å². The van der Waals surface area contributed by atoms with Gasteiger partial charge in [-0.05, 0) is 24.6 Å². The lowest BCUT2D eigenvalue weighted by molar-refractivity contribution is 0.238. The van der Waals surface area contributed by atoms with Crippen LogP contribution in [0.25, 0.3) is 0 Å². The van der Waals surface area contributed by atoms with Crippen LogP contribution >= 0.6 is 0 Å². The molecule has 1 saturated heterocycles. The van der Waals surface area contributed by atoms with E-state index in [2.05, 4.69) is 0 Å². The average molecular weight is 220 g/mol. The number of aliphatic hydroxyl groups is 1. The Morgan fingerprint density at radius 1 is 1.56 bits per heavy atom. The van der Waals surface area contributed by atoms with Crippen molar-refractivity contribution in [3.63, 3.8) is 0 Å². The van der Waals surface area contributed by atoms with Gasteiger partial charge in [-0.15, -0.1) is 0 Å². The Morgan fingerprint density at radius 2 is 2.38 bits per heavy atom. The highest BCUT2D eigenvalue weighted by Crippen LogP contribution is 2.26. The predicted octanol–water partition coefficient (Wildman–Crippen LogP) is 1.52. The van der Waals surface area contributed by atoms with Gasteiger partial charge in [0, 0.05) is 25.6 Å². The second-order valence-corrected chi connectivity index (χ2v) is 4.06. The zero-order chi connectivity index (χ0) is 11.5. The third kappa shape index (κ3) is 2.00. The zero-order valence-corrected chi connectivity index (χ0v) is 8.86. The number of benzene rings is 1. The Morgan fingerprint density at radius 3 is 2.94 bits per heavy atom. The summed E-state index contributed by atoms with van der Waals surface area (Å²) in [5.41, 5.74) is 0.856. The summed E-state index contributed by atoms with van der Waals surface area (Å²) < 4.78 is 13.7. The highest BCUT2D eigenvalue weighted by atomic mass is 19.1. The van der Waals surface area contributed by atoms with E-state index in [-0.39, 0.29) is 18.3 Å². The number of hydrogen-bond acceptors (Lipinski definition) is 3. The number of aliphatic hydroxyl groups excluding tert-OH is 1. The normalized spacial score (nSPS) is 19.8. The van der Waals surface area contributed by atoms with Gasteiger partial charge < -0.3 is 10.0 Å². The van der Waals surface area contributed by atoms with Crippen LogP contribution in [0.3, 0.4) is 0 Å². The largest absolute Gasteiger partial charge is 0.396 e. The van der Waals surface area contributed by atoms with E-state index in [4.69, 9.17) is 10.4 Å². The summed E-state index contributed by atoms with van der Waals surface area (Å²) in [5, 5.41) is 17.7. The summed E-state index contributed by atoms with van der Waals surface area (Å²) in [6.45, 7) is 1.59. The van der Waals surface area contributed by atoms with Gasteiger partial charge in [0.05, 0.1) is 17.3 Å². The van der Waals surface area contributed by atoms with E-state index in [1.165, 1.54) is 6.07 Å². The van der Waals surface area contributed by atoms with Gasteiger partial charge in [0.25, 0.3) is 0 Å². The van der Waals surface area contributed by atoms with Crippen molar-refractivity contribution in [1.29, 1.82) is 5.26 Å². The van der Waals surface area contributed by atoms with Gasteiger partial charge >= 0.3 is 0 Å². The first-order valence-corrected chi connectivity index (χ1v) is 5.30. The molecule has 0 saturated carbocycles. The van der Waals surface area contributed by atoms with Crippen LogP contribution in [0.4, 0.5) is 10.1 Å². The zero-order valence-electron chi connectivity index (χ0n) is 8.86. The molecule has 2 rings (SSSR count). The molecule has 3 nitrogen and oxygen atoms in total. The average Bonchev–Trinajstić information content (AvgIpc) is 2.77. The maximum atomic E-state index is 13.7. The van der Waals surface area contributed by atoms with Crippen molar-refractivity contribution in [1.82, 2.24) is 0 Å². The molecule has 1 aliphatic rings. The van der Waals surface area contributed by atoms with Crippen LogP contribution in [0, 0.1) is 23.1 Å². The Bertz CT molecular complexity index is 428. The molecule has 1 N–H and O–H groups in total. The van der Waals surface area contributed by atoms with Crippen LogP contribution < -0.4 is 4.90 Å². The summed E-state index contributed by atoms with van der Waals surface area (Å²) >= 11 is 0. The molecule has 1 aliphatic heterocycles. The highest BCUT2D eigenvalue weighted by Gasteiger charge is 2.23. The molecule has 0 bridgehead atoms. The van der Waals surface area contributed by atoms with Gasteiger partial charge in [-0.25, -0.2) is 4.39 Å². The summed E-state index contributed by atoms with van der Waals surface area (Å²) in [4.78, 5) is 1.91. The lowest BCUT2D eigenvalue weighted by atomic mass is 10.1. The monoisotopic (exact) mass is 220 g/mol. The fourth-order valence-corrected chi connectivity index (χ4v) is 2.03. The Balaban J connectivity index is 2.19. The summed E-state index contributed by atoms with van der Waals surface area (Å²) in [6.07, 6.45) is 0.885.